The van der Waals surface area contributed by atoms with Crippen LogP contribution < -0.4 is 0 Å². The SMILES string of the molecule is CC(=O)c1nc([N+](=O)[O-])c(-c2cccc(Cl)c2Cl)s1. The molecule has 2 aromatic rings. The Morgan fingerprint density at radius 3 is 2.68 bits per heavy atom. The molecule has 5 nitrogen and oxygen atoms in total. The molecule has 0 aliphatic rings. The first kappa shape index (κ1) is 13.9. The zero-order chi connectivity index (χ0) is 14.2. The van der Waals surface area contributed by atoms with Gasteiger partial charge >= 0.3 is 5.82 Å². The van der Waals surface area contributed by atoms with Crippen molar-refractivity contribution in [3.05, 3.63) is 43.4 Å². The zero-order valence-electron chi connectivity index (χ0n) is 9.52. The van der Waals surface area contributed by atoms with Crippen molar-refractivity contribution in [2.75, 3.05) is 0 Å². The number of rotatable bonds is 3. The predicted octanol–water partition coefficient (Wildman–Crippen LogP) is 4.23. The van der Waals surface area contributed by atoms with Gasteiger partial charge in [-0.15, -0.1) is 0 Å². The van der Waals surface area contributed by atoms with E-state index >= 15 is 0 Å². The first-order chi connectivity index (χ1) is 8.91. The Morgan fingerprint density at radius 2 is 2.11 bits per heavy atom. The number of hydrogen-bond donors (Lipinski definition) is 0. The van der Waals surface area contributed by atoms with Crippen LogP contribution in [0.15, 0.2) is 18.2 Å². The summed E-state index contributed by atoms with van der Waals surface area (Å²) in [5.74, 6) is -0.725. The van der Waals surface area contributed by atoms with Crippen LogP contribution in [0.3, 0.4) is 0 Å². The van der Waals surface area contributed by atoms with Gasteiger partial charge in [0.15, 0.2) is 0 Å². The van der Waals surface area contributed by atoms with Crippen molar-refractivity contribution in [2.24, 2.45) is 0 Å². The molecule has 1 aromatic heterocycles. The van der Waals surface area contributed by atoms with E-state index in [4.69, 9.17) is 23.2 Å². The molecular formula is C11H6Cl2N2O3S. The predicted molar refractivity (Wildman–Crippen MR) is 74.2 cm³/mol. The van der Waals surface area contributed by atoms with E-state index in [9.17, 15) is 14.9 Å². The number of ketones is 1. The van der Waals surface area contributed by atoms with E-state index in [1.54, 1.807) is 18.2 Å². The highest BCUT2D eigenvalue weighted by Crippen LogP contribution is 2.41. The van der Waals surface area contributed by atoms with Gasteiger partial charge in [0.25, 0.3) is 5.01 Å². The van der Waals surface area contributed by atoms with Gasteiger partial charge in [0.2, 0.25) is 5.78 Å². The molecule has 0 aliphatic heterocycles. The molecule has 1 aromatic carbocycles. The van der Waals surface area contributed by atoms with Crippen LogP contribution in [0.2, 0.25) is 10.0 Å². The molecule has 0 radical (unpaired) electrons. The Morgan fingerprint density at radius 1 is 1.42 bits per heavy atom. The van der Waals surface area contributed by atoms with Crippen molar-refractivity contribution in [3.63, 3.8) is 0 Å². The van der Waals surface area contributed by atoms with Gasteiger partial charge in [0, 0.05) is 12.5 Å². The third-order valence-electron chi connectivity index (χ3n) is 2.28. The molecule has 0 unspecified atom stereocenters. The molecule has 0 bridgehead atoms. The highest BCUT2D eigenvalue weighted by molar-refractivity contribution is 7.17. The second-order valence-electron chi connectivity index (χ2n) is 3.59. The molecule has 1 heterocycles. The minimum absolute atomic E-state index is 0.0674. The number of carbonyl (C=O) groups is 1. The summed E-state index contributed by atoms with van der Waals surface area (Å²) in [6, 6.07) is 4.80. The average Bonchev–Trinajstić information content (AvgIpc) is 2.77. The third kappa shape index (κ3) is 2.60. The van der Waals surface area contributed by atoms with Gasteiger partial charge in [-0.2, -0.15) is 0 Å². The van der Waals surface area contributed by atoms with Gasteiger partial charge < -0.3 is 10.1 Å². The highest BCUT2D eigenvalue weighted by atomic mass is 35.5. The molecule has 0 saturated carbocycles. The number of hydrogen-bond acceptors (Lipinski definition) is 5. The van der Waals surface area contributed by atoms with E-state index in [2.05, 4.69) is 4.98 Å². The van der Waals surface area contributed by atoms with Crippen LogP contribution >= 0.6 is 34.5 Å². The number of carbonyl (C=O) groups excluding carboxylic acids is 1. The van der Waals surface area contributed by atoms with Gasteiger partial charge in [-0.25, -0.2) is 0 Å². The Balaban J connectivity index is 2.70. The lowest BCUT2D eigenvalue weighted by Crippen LogP contribution is -1.93. The lowest BCUT2D eigenvalue weighted by atomic mass is 10.2. The summed E-state index contributed by atoms with van der Waals surface area (Å²) in [4.78, 5) is 25.6. The van der Waals surface area contributed by atoms with Crippen molar-refractivity contribution in [2.45, 2.75) is 6.92 Å². The molecule has 0 amide bonds. The largest absolute Gasteiger partial charge is 0.383 e. The first-order valence-corrected chi connectivity index (χ1v) is 6.59. The molecule has 0 N–H and O–H groups in total. The van der Waals surface area contributed by atoms with E-state index < -0.39 is 4.92 Å². The molecular weight excluding hydrogens is 311 g/mol. The number of thiazole rings is 1. The standard InChI is InChI=1S/C11H6Cl2N2O3S/c1-5(16)11-14-10(15(17)18)9(19-11)6-3-2-4-7(12)8(6)13/h2-4H,1H3. The highest BCUT2D eigenvalue weighted by Gasteiger charge is 2.27. The molecule has 0 fully saturated rings. The topological polar surface area (TPSA) is 73.1 Å². The third-order valence-corrected chi connectivity index (χ3v) is 4.28. The maximum atomic E-state index is 11.3. The van der Waals surface area contributed by atoms with Crippen molar-refractivity contribution >= 4 is 46.1 Å². The summed E-state index contributed by atoms with van der Waals surface area (Å²) in [5, 5.41) is 11.5. The van der Waals surface area contributed by atoms with Gasteiger partial charge in [-0.1, -0.05) is 46.7 Å². The average molecular weight is 317 g/mol. The number of nitrogens with zero attached hydrogens (tertiary/aromatic N) is 2. The maximum Gasteiger partial charge on any atom is 0.383 e. The molecule has 98 valence electrons. The van der Waals surface area contributed by atoms with Crippen LogP contribution in [0.1, 0.15) is 16.7 Å². The molecule has 2 rings (SSSR count). The van der Waals surface area contributed by atoms with E-state index in [0.717, 1.165) is 11.3 Å². The summed E-state index contributed by atoms with van der Waals surface area (Å²) >= 11 is 12.8. The van der Waals surface area contributed by atoms with Gasteiger partial charge in [-0.3, -0.25) is 4.79 Å². The first-order valence-electron chi connectivity index (χ1n) is 5.02. The second-order valence-corrected chi connectivity index (χ2v) is 5.37. The summed E-state index contributed by atoms with van der Waals surface area (Å²) in [6.45, 7) is 1.30. The van der Waals surface area contributed by atoms with E-state index in [1.165, 1.54) is 6.92 Å². The number of Topliss-reactive ketones (excluding diaryl/α,β-unsaturated/α-hetero) is 1. The van der Waals surface area contributed by atoms with Crippen LogP contribution in [0.5, 0.6) is 0 Å². The summed E-state index contributed by atoms with van der Waals surface area (Å²) in [7, 11) is 0. The van der Waals surface area contributed by atoms with Crippen LogP contribution in [-0.2, 0) is 0 Å². The van der Waals surface area contributed by atoms with Gasteiger partial charge in [0.05, 0.1) is 10.0 Å². The van der Waals surface area contributed by atoms with E-state index in [0.29, 0.717) is 5.56 Å². The number of aromatic nitrogens is 1. The Hall–Kier alpha value is -1.50. The lowest BCUT2D eigenvalue weighted by molar-refractivity contribution is -0.388. The summed E-state index contributed by atoms with van der Waals surface area (Å²) in [6.07, 6.45) is 0. The smallest absolute Gasteiger partial charge is 0.358 e. The lowest BCUT2D eigenvalue weighted by Gasteiger charge is -2.02. The van der Waals surface area contributed by atoms with E-state index in [1.807, 2.05) is 0 Å². The van der Waals surface area contributed by atoms with Crippen molar-refractivity contribution in [1.29, 1.82) is 0 Å². The van der Waals surface area contributed by atoms with Crippen LogP contribution in [0.4, 0.5) is 5.82 Å². The molecule has 0 saturated heterocycles. The molecule has 0 atom stereocenters. The maximum absolute atomic E-state index is 11.3. The Labute approximate surface area is 121 Å². The van der Waals surface area contributed by atoms with Crippen molar-refractivity contribution in [3.8, 4) is 10.4 Å². The fourth-order valence-electron chi connectivity index (χ4n) is 1.44. The summed E-state index contributed by atoms with van der Waals surface area (Å²) in [5.41, 5.74) is 0.394. The molecule has 8 heteroatoms. The fraction of sp³-hybridized carbons (Fsp3) is 0.0909. The molecule has 0 aliphatic carbocycles. The minimum Gasteiger partial charge on any atom is -0.358 e. The quantitative estimate of drug-likeness (QED) is 0.482. The van der Waals surface area contributed by atoms with Gasteiger partial charge in [-0.05, 0) is 16.0 Å². The normalized spacial score (nSPS) is 10.5. The fourth-order valence-corrected chi connectivity index (χ4v) is 2.85. The van der Waals surface area contributed by atoms with Crippen molar-refractivity contribution < 1.29 is 9.72 Å². The van der Waals surface area contributed by atoms with Gasteiger partial charge in [0.1, 0.15) is 4.88 Å². The second kappa shape index (κ2) is 5.24. The van der Waals surface area contributed by atoms with E-state index in [-0.39, 0.29) is 31.5 Å². The van der Waals surface area contributed by atoms with Crippen LogP contribution in [-0.4, -0.2) is 15.7 Å². The van der Waals surface area contributed by atoms with Crippen LogP contribution in [0.25, 0.3) is 10.4 Å². The van der Waals surface area contributed by atoms with Crippen LogP contribution in [0, 0.1) is 10.1 Å². The molecule has 0 spiro atoms. The van der Waals surface area contributed by atoms with Crippen molar-refractivity contribution in [1.82, 2.24) is 4.98 Å². The monoisotopic (exact) mass is 316 g/mol. The zero-order valence-corrected chi connectivity index (χ0v) is 11.8. The molecule has 19 heavy (non-hydrogen) atoms. The Bertz CT molecular complexity index is 685. The summed E-state index contributed by atoms with van der Waals surface area (Å²) < 4.78 is 0. The number of nitro groups is 1. The number of halogens is 2. The Kier molecular flexibility index (Phi) is 3.84. The minimum atomic E-state index is -0.643. The number of benzene rings is 1.